The number of aryl methyl sites for hydroxylation is 1. The van der Waals surface area contributed by atoms with Gasteiger partial charge in [0.2, 0.25) is 0 Å². The minimum atomic E-state index is -3.84. The van der Waals surface area contributed by atoms with E-state index in [0.29, 0.717) is 17.0 Å². The third kappa shape index (κ3) is 2.66. The SMILES string of the molecule is Cc1nn(Cc2cccnc2C#N)c(C)c1S(=O)(=O)Cl. The second-order valence-electron chi connectivity index (χ2n) is 4.22. The molecule has 6 nitrogen and oxygen atoms in total. The van der Waals surface area contributed by atoms with Crippen LogP contribution in [0.15, 0.2) is 23.2 Å². The molecule has 0 amide bonds. The number of nitrogens with zero attached hydrogens (tertiary/aromatic N) is 4. The average Bonchev–Trinajstić information content (AvgIpc) is 2.64. The third-order valence-corrected chi connectivity index (χ3v) is 4.42. The molecule has 104 valence electrons. The van der Waals surface area contributed by atoms with Crippen LogP contribution in [0.25, 0.3) is 0 Å². The number of nitriles is 1. The minimum Gasteiger partial charge on any atom is -0.264 e. The molecule has 0 aromatic carbocycles. The molecule has 0 saturated heterocycles. The van der Waals surface area contributed by atoms with Crippen LogP contribution in [0.5, 0.6) is 0 Å². The minimum absolute atomic E-state index is 0.0153. The van der Waals surface area contributed by atoms with Crippen molar-refractivity contribution in [1.82, 2.24) is 14.8 Å². The summed E-state index contributed by atoms with van der Waals surface area (Å²) < 4.78 is 24.5. The van der Waals surface area contributed by atoms with Crippen LogP contribution in [-0.4, -0.2) is 23.2 Å². The van der Waals surface area contributed by atoms with E-state index in [4.69, 9.17) is 15.9 Å². The van der Waals surface area contributed by atoms with Crippen molar-refractivity contribution in [2.24, 2.45) is 0 Å². The van der Waals surface area contributed by atoms with Gasteiger partial charge in [-0.25, -0.2) is 13.4 Å². The van der Waals surface area contributed by atoms with Gasteiger partial charge in [0.25, 0.3) is 9.05 Å². The molecule has 0 aliphatic carbocycles. The van der Waals surface area contributed by atoms with Gasteiger partial charge in [-0.2, -0.15) is 10.4 Å². The van der Waals surface area contributed by atoms with Crippen molar-refractivity contribution in [2.45, 2.75) is 25.3 Å². The topological polar surface area (TPSA) is 88.6 Å². The molecule has 0 aliphatic rings. The van der Waals surface area contributed by atoms with Crippen molar-refractivity contribution >= 4 is 19.7 Å². The highest BCUT2D eigenvalue weighted by Gasteiger charge is 2.22. The van der Waals surface area contributed by atoms with Crippen LogP contribution >= 0.6 is 10.7 Å². The van der Waals surface area contributed by atoms with E-state index in [-0.39, 0.29) is 17.1 Å². The van der Waals surface area contributed by atoms with E-state index in [0.717, 1.165) is 0 Å². The van der Waals surface area contributed by atoms with Gasteiger partial charge in [-0.1, -0.05) is 6.07 Å². The van der Waals surface area contributed by atoms with Gasteiger partial charge in [-0.05, 0) is 19.9 Å². The van der Waals surface area contributed by atoms with Gasteiger partial charge in [0.15, 0.2) is 0 Å². The summed E-state index contributed by atoms with van der Waals surface area (Å²) in [5, 5.41) is 13.2. The van der Waals surface area contributed by atoms with Crippen molar-refractivity contribution in [3.63, 3.8) is 0 Å². The molecule has 8 heteroatoms. The molecule has 0 unspecified atom stereocenters. The first-order valence-electron chi connectivity index (χ1n) is 5.67. The number of aromatic nitrogens is 3. The highest BCUT2D eigenvalue weighted by Crippen LogP contribution is 2.23. The Hall–Kier alpha value is -1.91. The largest absolute Gasteiger partial charge is 0.264 e. The number of hydrogen-bond acceptors (Lipinski definition) is 5. The second-order valence-corrected chi connectivity index (χ2v) is 6.72. The maximum Gasteiger partial charge on any atom is 0.264 e. The summed E-state index contributed by atoms with van der Waals surface area (Å²) in [7, 11) is 1.56. The van der Waals surface area contributed by atoms with Crippen LogP contribution in [0.3, 0.4) is 0 Å². The summed E-state index contributed by atoms with van der Waals surface area (Å²) in [4.78, 5) is 3.97. The van der Waals surface area contributed by atoms with Gasteiger partial charge in [0, 0.05) is 22.4 Å². The standard InChI is InChI=1S/C12H11ClN4O2S/c1-8-12(20(13,18)19)9(2)17(16-8)7-10-4-3-5-15-11(10)6-14/h3-5H,7H2,1-2H3. The van der Waals surface area contributed by atoms with E-state index >= 15 is 0 Å². The molecule has 2 aromatic heterocycles. The van der Waals surface area contributed by atoms with Crippen molar-refractivity contribution in [3.8, 4) is 6.07 Å². The number of rotatable bonds is 3. The Morgan fingerprint density at radius 2 is 2.15 bits per heavy atom. The van der Waals surface area contributed by atoms with Crippen LogP contribution in [0, 0.1) is 25.2 Å². The predicted octanol–water partition coefficient (Wildman–Crippen LogP) is 1.74. The Morgan fingerprint density at radius 3 is 2.70 bits per heavy atom. The normalized spacial score (nSPS) is 11.3. The molecule has 0 aliphatic heterocycles. The van der Waals surface area contributed by atoms with E-state index in [1.54, 1.807) is 26.0 Å². The first kappa shape index (κ1) is 14.5. The fraction of sp³-hybridized carbons (Fsp3) is 0.250. The van der Waals surface area contributed by atoms with Crippen LogP contribution in [0.2, 0.25) is 0 Å². The first-order valence-corrected chi connectivity index (χ1v) is 7.98. The molecule has 0 saturated carbocycles. The van der Waals surface area contributed by atoms with E-state index in [1.807, 2.05) is 6.07 Å². The Kier molecular flexibility index (Phi) is 3.79. The molecular formula is C12H11ClN4O2S. The first-order chi connectivity index (χ1) is 9.34. The zero-order chi connectivity index (χ0) is 14.9. The van der Waals surface area contributed by atoms with Gasteiger partial charge in [0.1, 0.15) is 16.7 Å². The molecule has 20 heavy (non-hydrogen) atoms. The fourth-order valence-electron chi connectivity index (χ4n) is 2.02. The predicted molar refractivity (Wildman–Crippen MR) is 72.8 cm³/mol. The Labute approximate surface area is 121 Å². The van der Waals surface area contributed by atoms with Crippen molar-refractivity contribution in [1.29, 1.82) is 5.26 Å². The molecule has 2 heterocycles. The monoisotopic (exact) mass is 310 g/mol. The molecule has 0 N–H and O–H groups in total. The maximum atomic E-state index is 11.5. The molecule has 0 atom stereocenters. The summed E-state index contributed by atoms with van der Waals surface area (Å²) in [5.41, 5.74) is 1.72. The highest BCUT2D eigenvalue weighted by atomic mass is 35.7. The highest BCUT2D eigenvalue weighted by molar-refractivity contribution is 8.13. The lowest BCUT2D eigenvalue weighted by atomic mass is 10.2. The number of pyridine rings is 1. The Morgan fingerprint density at radius 1 is 1.45 bits per heavy atom. The number of hydrogen-bond donors (Lipinski definition) is 0. The molecule has 0 radical (unpaired) electrons. The van der Waals surface area contributed by atoms with E-state index < -0.39 is 9.05 Å². The van der Waals surface area contributed by atoms with Crippen LogP contribution in [-0.2, 0) is 15.6 Å². The summed E-state index contributed by atoms with van der Waals surface area (Å²) in [5.74, 6) is 0. The maximum absolute atomic E-state index is 11.5. The molecule has 2 aromatic rings. The van der Waals surface area contributed by atoms with E-state index in [1.165, 1.54) is 10.9 Å². The second kappa shape index (κ2) is 5.23. The average molecular weight is 311 g/mol. The molecule has 0 fully saturated rings. The van der Waals surface area contributed by atoms with E-state index in [9.17, 15) is 8.42 Å². The molecular weight excluding hydrogens is 300 g/mol. The lowest BCUT2D eigenvalue weighted by Gasteiger charge is -2.05. The van der Waals surface area contributed by atoms with Crippen LogP contribution < -0.4 is 0 Å². The van der Waals surface area contributed by atoms with Gasteiger partial charge >= 0.3 is 0 Å². The molecule has 0 bridgehead atoms. The van der Waals surface area contributed by atoms with Gasteiger partial charge in [-0.15, -0.1) is 0 Å². The Balaban J connectivity index is 2.49. The van der Waals surface area contributed by atoms with Gasteiger partial charge in [0.05, 0.1) is 17.9 Å². The summed E-state index contributed by atoms with van der Waals surface area (Å²) >= 11 is 0. The Bertz CT molecular complexity index is 805. The van der Waals surface area contributed by atoms with E-state index in [2.05, 4.69) is 10.1 Å². The zero-order valence-electron chi connectivity index (χ0n) is 10.8. The summed E-state index contributed by atoms with van der Waals surface area (Å²) in [6.07, 6.45) is 1.53. The summed E-state index contributed by atoms with van der Waals surface area (Å²) in [6.45, 7) is 3.46. The van der Waals surface area contributed by atoms with Gasteiger partial charge in [-0.3, -0.25) is 4.68 Å². The van der Waals surface area contributed by atoms with Crippen molar-refractivity contribution < 1.29 is 8.42 Å². The molecule has 0 spiro atoms. The smallest absolute Gasteiger partial charge is 0.264 e. The lowest BCUT2D eigenvalue weighted by Crippen LogP contribution is -2.07. The third-order valence-electron chi connectivity index (χ3n) is 2.88. The molecule has 2 rings (SSSR count). The quantitative estimate of drug-likeness (QED) is 0.806. The fourth-order valence-corrected chi connectivity index (χ4v) is 3.54. The summed E-state index contributed by atoms with van der Waals surface area (Å²) in [6, 6.07) is 5.45. The lowest BCUT2D eigenvalue weighted by molar-refractivity contribution is 0.607. The number of halogens is 1. The zero-order valence-corrected chi connectivity index (χ0v) is 12.4. The van der Waals surface area contributed by atoms with Crippen LogP contribution in [0.1, 0.15) is 22.6 Å². The van der Waals surface area contributed by atoms with Gasteiger partial charge < -0.3 is 0 Å². The van der Waals surface area contributed by atoms with Crippen molar-refractivity contribution in [2.75, 3.05) is 0 Å². The van der Waals surface area contributed by atoms with Crippen molar-refractivity contribution in [3.05, 3.63) is 41.0 Å². The van der Waals surface area contributed by atoms with Crippen LogP contribution in [0.4, 0.5) is 0 Å².